The number of anilines is 2. The number of nitrogens with zero attached hydrogens (tertiary/aromatic N) is 1. The maximum atomic E-state index is 14.5. The minimum atomic E-state index is -0.694. The van der Waals surface area contributed by atoms with E-state index < -0.39 is 11.7 Å². The van der Waals surface area contributed by atoms with E-state index in [4.69, 9.17) is 21.7 Å². The molecule has 1 amide bonds. The highest BCUT2D eigenvalue weighted by molar-refractivity contribution is 7.97. The fraction of sp³-hybridized carbons (Fsp3) is 0.350. The standard InChI is InChI=1S/C20H22ClFN4O2S/c1-11(23)13-7-14(18(27)26-29-3)16(22)8-17(13)25-12-6-15(21)19(24-9-12)28-10-20(2)4-5-20/h6-9,23,25H,4-5,10H2,1-3H3,(H,26,27). The van der Waals surface area contributed by atoms with Crippen molar-refractivity contribution in [2.75, 3.05) is 18.2 Å². The molecule has 0 spiro atoms. The number of carbonyl (C=O) groups is 1. The van der Waals surface area contributed by atoms with Gasteiger partial charge in [-0.15, -0.1) is 0 Å². The quantitative estimate of drug-likeness (QED) is 0.391. The molecule has 0 unspecified atom stereocenters. The van der Waals surface area contributed by atoms with Gasteiger partial charge in [0.05, 0.1) is 29.7 Å². The molecule has 0 aliphatic heterocycles. The number of nitrogens with one attached hydrogen (secondary N) is 3. The zero-order valence-corrected chi connectivity index (χ0v) is 17.9. The van der Waals surface area contributed by atoms with Gasteiger partial charge in [0, 0.05) is 22.9 Å². The van der Waals surface area contributed by atoms with Crippen molar-refractivity contribution in [1.29, 1.82) is 5.41 Å². The summed E-state index contributed by atoms with van der Waals surface area (Å²) in [5, 5.41) is 11.3. The normalized spacial score (nSPS) is 14.2. The van der Waals surface area contributed by atoms with Gasteiger partial charge in [-0.25, -0.2) is 9.37 Å². The van der Waals surface area contributed by atoms with Gasteiger partial charge in [0.15, 0.2) is 0 Å². The molecule has 0 saturated heterocycles. The van der Waals surface area contributed by atoms with Crippen LogP contribution in [0, 0.1) is 16.6 Å². The Kier molecular flexibility index (Phi) is 6.33. The topological polar surface area (TPSA) is 87.1 Å². The van der Waals surface area contributed by atoms with Crippen LogP contribution in [0.15, 0.2) is 24.4 Å². The molecule has 6 nitrogen and oxygen atoms in total. The molecule has 1 aromatic carbocycles. The summed E-state index contributed by atoms with van der Waals surface area (Å²) in [5.41, 5.74) is 1.52. The maximum absolute atomic E-state index is 14.5. The molecule has 1 fully saturated rings. The number of hydrogen-bond donors (Lipinski definition) is 3. The summed E-state index contributed by atoms with van der Waals surface area (Å²) in [7, 11) is 0. The molecule has 9 heteroatoms. The number of pyridine rings is 1. The molecule has 3 N–H and O–H groups in total. The number of amides is 1. The summed E-state index contributed by atoms with van der Waals surface area (Å²) in [5.74, 6) is -0.899. The molecule has 3 rings (SSSR count). The van der Waals surface area contributed by atoms with Crippen molar-refractivity contribution in [3.05, 3.63) is 46.4 Å². The first-order valence-electron chi connectivity index (χ1n) is 9.00. The average Bonchev–Trinajstić information content (AvgIpc) is 3.38. The van der Waals surface area contributed by atoms with Gasteiger partial charge in [-0.1, -0.05) is 30.5 Å². The molecule has 0 radical (unpaired) electrons. The summed E-state index contributed by atoms with van der Waals surface area (Å²) >= 11 is 7.36. The number of halogens is 2. The molecule has 154 valence electrons. The van der Waals surface area contributed by atoms with Crippen LogP contribution >= 0.6 is 23.5 Å². The first-order valence-corrected chi connectivity index (χ1v) is 10.6. The number of benzene rings is 1. The van der Waals surface area contributed by atoms with Gasteiger partial charge in [0.25, 0.3) is 5.91 Å². The third-order valence-electron chi connectivity index (χ3n) is 4.70. The highest BCUT2D eigenvalue weighted by atomic mass is 35.5. The summed E-state index contributed by atoms with van der Waals surface area (Å²) in [6, 6.07) is 4.18. The highest BCUT2D eigenvalue weighted by Gasteiger charge is 2.38. The summed E-state index contributed by atoms with van der Waals surface area (Å²) in [6.45, 7) is 4.28. The summed E-state index contributed by atoms with van der Waals surface area (Å²) < 4.78 is 22.7. The predicted molar refractivity (Wildman–Crippen MR) is 115 cm³/mol. The summed E-state index contributed by atoms with van der Waals surface area (Å²) in [4.78, 5) is 16.3. The second kappa shape index (κ2) is 8.59. The van der Waals surface area contributed by atoms with E-state index in [9.17, 15) is 9.18 Å². The smallest absolute Gasteiger partial charge is 0.264 e. The Morgan fingerprint density at radius 2 is 2.10 bits per heavy atom. The Hall–Kier alpha value is -2.32. The van der Waals surface area contributed by atoms with Crippen LogP contribution in [0.1, 0.15) is 42.6 Å². The average molecular weight is 437 g/mol. The van der Waals surface area contributed by atoms with E-state index in [1.807, 2.05) is 0 Å². The fourth-order valence-electron chi connectivity index (χ4n) is 2.66. The van der Waals surface area contributed by atoms with Crippen LogP contribution in [0.2, 0.25) is 5.02 Å². The van der Waals surface area contributed by atoms with Gasteiger partial charge in [0.1, 0.15) is 10.8 Å². The Bertz CT molecular complexity index is 966. The predicted octanol–water partition coefficient (Wildman–Crippen LogP) is 5.19. The fourth-order valence-corrected chi connectivity index (χ4v) is 3.18. The first kappa shape index (κ1) is 21.4. The molecular formula is C20H22ClFN4O2S. The Morgan fingerprint density at radius 1 is 1.38 bits per heavy atom. The van der Waals surface area contributed by atoms with E-state index in [-0.39, 0.29) is 16.7 Å². The van der Waals surface area contributed by atoms with Crippen molar-refractivity contribution in [1.82, 2.24) is 9.71 Å². The van der Waals surface area contributed by atoms with Crippen LogP contribution in [0.3, 0.4) is 0 Å². The Morgan fingerprint density at radius 3 is 2.69 bits per heavy atom. The number of aromatic nitrogens is 1. The highest BCUT2D eigenvalue weighted by Crippen LogP contribution is 2.45. The lowest BCUT2D eigenvalue weighted by atomic mass is 10.0. The molecule has 2 aromatic rings. The Labute approximate surface area is 178 Å². The van der Waals surface area contributed by atoms with Crippen LogP contribution in [0.5, 0.6) is 5.88 Å². The molecule has 1 heterocycles. The van der Waals surface area contributed by atoms with Crippen LogP contribution in [0.4, 0.5) is 15.8 Å². The van der Waals surface area contributed by atoms with E-state index in [1.54, 1.807) is 19.2 Å². The molecule has 1 aliphatic rings. The van der Waals surface area contributed by atoms with Crippen LogP contribution in [0.25, 0.3) is 0 Å². The van der Waals surface area contributed by atoms with Crippen molar-refractivity contribution >= 4 is 46.5 Å². The number of ether oxygens (including phenoxy) is 1. The van der Waals surface area contributed by atoms with Gasteiger partial charge in [-0.3, -0.25) is 9.52 Å². The SMILES string of the molecule is CSNC(=O)c1cc(C(C)=N)c(Nc2cnc(OCC3(C)CC3)c(Cl)c2)cc1F. The number of hydrogen-bond acceptors (Lipinski definition) is 6. The lowest BCUT2D eigenvalue weighted by Crippen LogP contribution is -2.18. The van der Waals surface area contributed by atoms with Crippen LogP contribution in [-0.2, 0) is 0 Å². The van der Waals surface area contributed by atoms with Crippen LogP contribution in [-0.4, -0.2) is 29.5 Å². The monoisotopic (exact) mass is 436 g/mol. The van der Waals surface area contributed by atoms with Crippen molar-refractivity contribution in [2.45, 2.75) is 26.7 Å². The molecular weight excluding hydrogens is 415 g/mol. The van der Waals surface area contributed by atoms with Gasteiger partial charge >= 0.3 is 0 Å². The maximum Gasteiger partial charge on any atom is 0.264 e. The summed E-state index contributed by atoms with van der Waals surface area (Å²) in [6.07, 6.45) is 5.47. The zero-order valence-electron chi connectivity index (χ0n) is 16.4. The third-order valence-corrected chi connectivity index (χ3v) is 5.36. The first-order chi connectivity index (χ1) is 13.7. The molecule has 0 atom stereocenters. The largest absolute Gasteiger partial charge is 0.476 e. The van der Waals surface area contributed by atoms with Crippen molar-refractivity contribution in [3.8, 4) is 5.88 Å². The number of carbonyl (C=O) groups excluding carboxylic acids is 1. The van der Waals surface area contributed by atoms with Gasteiger partial charge in [-0.2, -0.15) is 0 Å². The molecule has 0 bridgehead atoms. The van der Waals surface area contributed by atoms with Gasteiger partial charge in [0.2, 0.25) is 5.88 Å². The lowest BCUT2D eigenvalue weighted by molar-refractivity contribution is 0.0980. The molecule has 29 heavy (non-hydrogen) atoms. The second-order valence-corrected chi connectivity index (χ2v) is 8.39. The molecule has 1 saturated carbocycles. The van der Waals surface area contributed by atoms with E-state index >= 15 is 0 Å². The molecule has 1 aliphatic carbocycles. The third kappa shape index (κ3) is 5.19. The Balaban J connectivity index is 1.83. The van der Waals surface area contributed by atoms with Crippen LogP contribution < -0.4 is 14.8 Å². The lowest BCUT2D eigenvalue weighted by Gasteiger charge is -2.15. The van der Waals surface area contributed by atoms with Gasteiger partial charge < -0.3 is 15.5 Å². The van der Waals surface area contributed by atoms with Crippen molar-refractivity contribution in [3.63, 3.8) is 0 Å². The second-order valence-electron chi connectivity index (χ2n) is 7.37. The van der Waals surface area contributed by atoms with E-state index in [0.29, 0.717) is 34.4 Å². The minimum absolute atomic E-state index is 0.125. The minimum Gasteiger partial charge on any atom is -0.476 e. The van der Waals surface area contributed by atoms with E-state index in [2.05, 4.69) is 21.9 Å². The van der Waals surface area contributed by atoms with E-state index in [1.165, 1.54) is 18.3 Å². The van der Waals surface area contributed by atoms with E-state index in [0.717, 1.165) is 24.8 Å². The van der Waals surface area contributed by atoms with Crippen molar-refractivity contribution < 1.29 is 13.9 Å². The number of rotatable bonds is 8. The van der Waals surface area contributed by atoms with Crippen molar-refractivity contribution in [2.24, 2.45) is 5.41 Å². The zero-order chi connectivity index (χ0) is 21.2. The van der Waals surface area contributed by atoms with Gasteiger partial charge in [-0.05, 0) is 38.0 Å². The molecule has 1 aromatic heterocycles.